The fourth-order valence-corrected chi connectivity index (χ4v) is 3.69. The topological polar surface area (TPSA) is 81.5 Å². The molecule has 0 atom stereocenters. The second kappa shape index (κ2) is 10.1. The quantitative estimate of drug-likeness (QED) is 0.398. The van der Waals surface area contributed by atoms with Gasteiger partial charge in [-0.05, 0) is 29.7 Å². The van der Waals surface area contributed by atoms with E-state index in [0.29, 0.717) is 17.3 Å². The summed E-state index contributed by atoms with van der Waals surface area (Å²) in [5.74, 6) is -1.09. The summed E-state index contributed by atoms with van der Waals surface area (Å²) in [6, 6.07) is 23.9. The van der Waals surface area contributed by atoms with Crippen molar-refractivity contribution in [3.8, 4) is 0 Å². The van der Waals surface area contributed by atoms with E-state index in [9.17, 15) is 14.4 Å². The van der Waals surface area contributed by atoms with E-state index < -0.39 is 12.6 Å². The molecule has 4 rings (SSSR count). The van der Waals surface area contributed by atoms with Crippen LogP contribution in [0.5, 0.6) is 0 Å². The van der Waals surface area contributed by atoms with Crippen LogP contribution in [0.15, 0.2) is 83.7 Å². The van der Waals surface area contributed by atoms with Crippen molar-refractivity contribution in [2.45, 2.75) is 20.0 Å². The first kappa shape index (κ1) is 22.9. The summed E-state index contributed by atoms with van der Waals surface area (Å²) in [5, 5.41) is 5.06. The van der Waals surface area contributed by atoms with Crippen LogP contribution in [0, 0.1) is 6.92 Å². The Morgan fingerprint density at radius 3 is 2.29 bits per heavy atom. The minimum atomic E-state index is -0.754. The number of hydrogen-bond acceptors (Lipinski definition) is 5. The molecule has 0 N–H and O–H groups in total. The van der Waals surface area contributed by atoms with Gasteiger partial charge in [-0.25, -0.2) is 9.48 Å². The minimum absolute atomic E-state index is 0.000452. The Balaban J connectivity index is 1.53. The summed E-state index contributed by atoms with van der Waals surface area (Å²) in [5.41, 5.74) is 2.67. The zero-order valence-electron chi connectivity index (χ0n) is 19.1. The van der Waals surface area contributed by atoms with Crippen molar-refractivity contribution in [2.75, 3.05) is 13.7 Å². The van der Waals surface area contributed by atoms with E-state index in [-0.39, 0.29) is 23.7 Å². The molecule has 4 aromatic rings. The van der Waals surface area contributed by atoms with E-state index in [4.69, 9.17) is 4.74 Å². The Morgan fingerprint density at radius 1 is 0.912 bits per heavy atom. The molecule has 0 fully saturated rings. The molecule has 0 saturated heterocycles. The molecule has 0 saturated carbocycles. The molecule has 3 aromatic carbocycles. The highest BCUT2D eigenvalue weighted by molar-refractivity contribution is 6.02. The molecule has 0 aliphatic carbocycles. The third-order valence-corrected chi connectivity index (χ3v) is 5.66. The minimum Gasteiger partial charge on any atom is -0.451 e. The summed E-state index contributed by atoms with van der Waals surface area (Å²) in [6.07, 6.45) is 0. The summed E-state index contributed by atoms with van der Waals surface area (Å²) in [7, 11) is 1.66. The first-order valence-electron chi connectivity index (χ1n) is 10.9. The highest BCUT2D eigenvalue weighted by Gasteiger charge is 2.20. The SMILES string of the molecule is Cc1ccccc1CN(C)C(=O)COC(=O)c1nn(Cc2ccccc2)c(=O)c2ccccc12. The summed E-state index contributed by atoms with van der Waals surface area (Å²) >= 11 is 0. The van der Waals surface area contributed by atoms with Gasteiger partial charge in [0.15, 0.2) is 12.3 Å². The molecule has 0 unspecified atom stereocenters. The van der Waals surface area contributed by atoms with Crippen molar-refractivity contribution >= 4 is 22.6 Å². The molecule has 0 aliphatic heterocycles. The normalized spacial score (nSPS) is 10.8. The Labute approximate surface area is 197 Å². The number of carbonyl (C=O) groups is 2. The summed E-state index contributed by atoms with van der Waals surface area (Å²) < 4.78 is 6.57. The number of hydrogen-bond donors (Lipinski definition) is 0. The standard InChI is InChI=1S/C27H25N3O4/c1-19-10-6-7-13-21(19)17-29(2)24(31)18-34-27(33)25-22-14-8-9-15-23(22)26(32)30(28-25)16-20-11-4-3-5-12-20/h3-15H,16-18H2,1-2H3. The maximum absolute atomic E-state index is 13.0. The Kier molecular flexibility index (Phi) is 6.82. The van der Waals surface area contributed by atoms with E-state index >= 15 is 0 Å². The zero-order chi connectivity index (χ0) is 24.1. The van der Waals surface area contributed by atoms with Gasteiger partial charge in [-0.1, -0.05) is 72.8 Å². The molecule has 172 valence electrons. The smallest absolute Gasteiger partial charge is 0.359 e. The number of rotatable bonds is 7. The number of ether oxygens (including phenoxy) is 1. The number of carbonyl (C=O) groups excluding carboxylic acids is 2. The Morgan fingerprint density at radius 2 is 1.56 bits per heavy atom. The van der Waals surface area contributed by atoms with Crippen molar-refractivity contribution in [1.82, 2.24) is 14.7 Å². The number of aryl methyl sites for hydroxylation is 1. The lowest BCUT2D eigenvalue weighted by Gasteiger charge is -2.18. The average Bonchev–Trinajstić information content (AvgIpc) is 2.86. The predicted octanol–water partition coefficient (Wildman–Crippen LogP) is 3.57. The summed E-state index contributed by atoms with van der Waals surface area (Å²) in [4.78, 5) is 40.0. The largest absolute Gasteiger partial charge is 0.451 e. The number of benzene rings is 3. The third kappa shape index (κ3) is 5.04. The number of esters is 1. The van der Waals surface area contributed by atoms with Gasteiger partial charge in [-0.2, -0.15) is 5.10 Å². The lowest BCUT2D eigenvalue weighted by atomic mass is 10.1. The van der Waals surface area contributed by atoms with Gasteiger partial charge in [0.25, 0.3) is 11.5 Å². The number of aromatic nitrogens is 2. The number of amides is 1. The van der Waals surface area contributed by atoms with Crippen molar-refractivity contribution in [3.05, 3.63) is 112 Å². The first-order valence-corrected chi connectivity index (χ1v) is 10.9. The molecule has 0 spiro atoms. The van der Waals surface area contributed by atoms with Crippen molar-refractivity contribution in [1.29, 1.82) is 0 Å². The highest BCUT2D eigenvalue weighted by atomic mass is 16.5. The lowest BCUT2D eigenvalue weighted by Crippen LogP contribution is -2.32. The predicted molar refractivity (Wildman–Crippen MR) is 129 cm³/mol. The summed E-state index contributed by atoms with van der Waals surface area (Å²) in [6.45, 7) is 2.18. The van der Waals surface area contributed by atoms with E-state index in [1.165, 1.54) is 9.58 Å². The van der Waals surface area contributed by atoms with Crippen LogP contribution in [0.1, 0.15) is 27.2 Å². The van der Waals surface area contributed by atoms with Gasteiger partial charge >= 0.3 is 5.97 Å². The van der Waals surface area contributed by atoms with Crippen LogP contribution in [-0.4, -0.2) is 40.2 Å². The van der Waals surface area contributed by atoms with E-state index in [0.717, 1.165) is 16.7 Å². The monoisotopic (exact) mass is 455 g/mol. The van der Waals surface area contributed by atoms with Crippen LogP contribution in [0.25, 0.3) is 10.8 Å². The number of nitrogens with zero attached hydrogens (tertiary/aromatic N) is 3. The fraction of sp³-hybridized carbons (Fsp3) is 0.185. The van der Waals surface area contributed by atoms with Crippen LogP contribution in [0.4, 0.5) is 0 Å². The van der Waals surface area contributed by atoms with E-state index in [1.807, 2.05) is 61.5 Å². The molecule has 7 nitrogen and oxygen atoms in total. The molecular weight excluding hydrogens is 430 g/mol. The molecule has 1 amide bonds. The van der Waals surface area contributed by atoms with Gasteiger partial charge in [-0.3, -0.25) is 9.59 Å². The van der Waals surface area contributed by atoms with Gasteiger partial charge in [0.1, 0.15) is 0 Å². The van der Waals surface area contributed by atoms with Gasteiger partial charge in [0.2, 0.25) is 0 Å². The molecule has 1 aromatic heterocycles. The number of likely N-dealkylation sites (N-methyl/N-ethyl adjacent to an activating group) is 1. The van der Waals surface area contributed by atoms with Crippen LogP contribution in [-0.2, 0) is 22.6 Å². The van der Waals surface area contributed by atoms with Gasteiger partial charge in [0.05, 0.1) is 11.9 Å². The highest BCUT2D eigenvalue weighted by Crippen LogP contribution is 2.15. The average molecular weight is 456 g/mol. The van der Waals surface area contributed by atoms with Crippen LogP contribution in [0.3, 0.4) is 0 Å². The van der Waals surface area contributed by atoms with Gasteiger partial charge < -0.3 is 9.64 Å². The number of fused-ring (bicyclic) bond motifs is 1. The Bertz CT molecular complexity index is 1400. The van der Waals surface area contributed by atoms with E-state index in [2.05, 4.69) is 5.10 Å². The van der Waals surface area contributed by atoms with Gasteiger partial charge in [0, 0.05) is 19.0 Å². The zero-order valence-corrected chi connectivity index (χ0v) is 19.1. The van der Waals surface area contributed by atoms with Crippen LogP contribution >= 0.6 is 0 Å². The molecule has 0 bridgehead atoms. The second-order valence-corrected chi connectivity index (χ2v) is 8.10. The maximum Gasteiger partial charge on any atom is 0.359 e. The molecule has 0 radical (unpaired) electrons. The molecule has 0 aliphatic rings. The first-order chi connectivity index (χ1) is 16.4. The van der Waals surface area contributed by atoms with Crippen LogP contribution in [0.2, 0.25) is 0 Å². The van der Waals surface area contributed by atoms with Crippen molar-refractivity contribution in [2.24, 2.45) is 0 Å². The third-order valence-electron chi connectivity index (χ3n) is 5.66. The Hall–Kier alpha value is -4.26. The molecule has 7 heteroatoms. The lowest BCUT2D eigenvalue weighted by molar-refractivity contribution is -0.133. The van der Waals surface area contributed by atoms with E-state index in [1.54, 1.807) is 31.3 Å². The van der Waals surface area contributed by atoms with Crippen LogP contribution < -0.4 is 5.56 Å². The molecule has 1 heterocycles. The maximum atomic E-state index is 13.0. The molecular formula is C27H25N3O4. The second-order valence-electron chi connectivity index (χ2n) is 8.10. The fourth-order valence-electron chi connectivity index (χ4n) is 3.69. The van der Waals surface area contributed by atoms with Crippen molar-refractivity contribution < 1.29 is 14.3 Å². The van der Waals surface area contributed by atoms with Crippen molar-refractivity contribution in [3.63, 3.8) is 0 Å². The van der Waals surface area contributed by atoms with Gasteiger partial charge in [-0.15, -0.1) is 0 Å². The molecule has 34 heavy (non-hydrogen) atoms.